The van der Waals surface area contributed by atoms with Crippen LogP contribution in [-0.4, -0.2) is 91.0 Å². The summed E-state index contributed by atoms with van der Waals surface area (Å²) >= 11 is 0. The van der Waals surface area contributed by atoms with E-state index in [1.807, 2.05) is 13.8 Å². The van der Waals surface area contributed by atoms with Crippen LogP contribution >= 0.6 is 0 Å². The van der Waals surface area contributed by atoms with Crippen molar-refractivity contribution in [3.8, 4) is 0 Å². The van der Waals surface area contributed by atoms with Crippen LogP contribution in [0.4, 0.5) is 4.79 Å². The fraction of sp³-hybridized carbons (Fsp3) is 0.688. The Labute approximate surface area is 152 Å². The molecule has 2 aliphatic rings. The highest BCUT2D eigenvalue weighted by Crippen LogP contribution is 2.29. The number of nitrogens with zero attached hydrogens (tertiary/aromatic N) is 4. The number of carbonyl (C=O) groups excluding carboxylic acids is 2. The molecule has 2 saturated heterocycles. The Balaban J connectivity index is 1.87. The molecule has 2 aliphatic heterocycles. The summed E-state index contributed by atoms with van der Waals surface area (Å²) in [5.74, 6) is 0.0698. The van der Waals surface area contributed by atoms with Gasteiger partial charge in [0.1, 0.15) is 5.76 Å². The van der Waals surface area contributed by atoms with Crippen LogP contribution in [0.15, 0.2) is 10.6 Å². The lowest BCUT2D eigenvalue weighted by molar-refractivity contribution is 0.0385. The van der Waals surface area contributed by atoms with Crippen LogP contribution in [0.5, 0.6) is 0 Å². The number of hydrogen-bond donors (Lipinski definition) is 0. The van der Waals surface area contributed by atoms with Gasteiger partial charge in [-0.25, -0.2) is 13.2 Å². The molecule has 0 unspecified atom stereocenters. The van der Waals surface area contributed by atoms with E-state index in [-0.39, 0.29) is 48.1 Å². The second kappa shape index (κ2) is 6.57. The first-order chi connectivity index (χ1) is 12.1. The van der Waals surface area contributed by atoms with Crippen LogP contribution in [0.3, 0.4) is 0 Å². The Hall–Kier alpha value is -2.10. The van der Waals surface area contributed by atoms with Crippen molar-refractivity contribution in [1.29, 1.82) is 0 Å². The molecular formula is C16H24N4O5S. The van der Waals surface area contributed by atoms with E-state index >= 15 is 0 Å². The van der Waals surface area contributed by atoms with E-state index in [2.05, 4.69) is 5.16 Å². The van der Waals surface area contributed by atoms with Crippen LogP contribution in [0.1, 0.15) is 36.0 Å². The van der Waals surface area contributed by atoms with E-state index in [1.54, 1.807) is 25.1 Å². The van der Waals surface area contributed by atoms with Crippen LogP contribution in [0.2, 0.25) is 0 Å². The highest BCUT2D eigenvalue weighted by molar-refractivity contribution is 7.91. The number of hydrogen-bond acceptors (Lipinski definition) is 6. The van der Waals surface area contributed by atoms with E-state index in [0.29, 0.717) is 5.76 Å². The minimum absolute atomic E-state index is 0.0956. The van der Waals surface area contributed by atoms with Gasteiger partial charge in [-0.05, 0) is 0 Å². The third-order valence-electron chi connectivity index (χ3n) is 4.88. The fourth-order valence-electron chi connectivity index (χ4n) is 3.51. The second-order valence-electron chi connectivity index (χ2n) is 7.35. The molecular weight excluding hydrogens is 360 g/mol. The van der Waals surface area contributed by atoms with Gasteiger partial charge in [0.15, 0.2) is 15.5 Å². The molecule has 0 bridgehead atoms. The van der Waals surface area contributed by atoms with Crippen molar-refractivity contribution in [3.05, 3.63) is 17.5 Å². The number of urea groups is 1. The standard InChI is InChI=1S/C16H24N4O5S/c1-10(2)14-7-11(17-25-14)15(21)19-5-6-20(16(22)18(3)4)13-9-26(23,24)8-12(13)19/h7,10,12-13H,5-6,8-9H2,1-4H3/t12-,13+/m0/s1. The summed E-state index contributed by atoms with van der Waals surface area (Å²) in [6, 6.07) is 0.254. The van der Waals surface area contributed by atoms with Crippen molar-refractivity contribution < 1.29 is 22.5 Å². The smallest absolute Gasteiger partial charge is 0.319 e. The zero-order valence-corrected chi connectivity index (χ0v) is 16.2. The minimum atomic E-state index is -3.33. The molecule has 2 atom stereocenters. The van der Waals surface area contributed by atoms with E-state index in [9.17, 15) is 18.0 Å². The Morgan fingerprint density at radius 2 is 1.77 bits per heavy atom. The number of carbonyl (C=O) groups is 2. The van der Waals surface area contributed by atoms with Gasteiger partial charge in [-0.15, -0.1) is 0 Å². The van der Waals surface area contributed by atoms with Crippen LogP contribution < -0.4 is 0 Å². The van der Waals surface area contributed by atoms with E-state index in [0.717, 1.165) is 0 Å². The number of amides is 3. The van der Waals surface area contributed by atoms with Crippen molar-refractivity contribution in [2.45, 2.75) is 31.8 Å². The van der Waals surface area contributed by atoms with E-state index < -0.39 is 21.9 Å². The summed E-state index contributed by atoms with van der Waals surface area (Å²) < 4.78 is 29.6. The van der Waals surface area contributed by atoms with E-state index in [1.165, 1.54) is 9.80 Å². The maximum absolute atomic E-state index is 12.9. The monoisotopic (exact) mass is 384 g/mol. The molecule has 0 aromatic carbocycles. The average Bonchev–Trinajstić information content (AvgIpc) is 3.15. The van der Waals surface area contributed by atoms with Gasteiger partial charge in [0, 0.05) is 39.2 Å². The normalized spacial score (nSPS) is 24.7. The Bertz CT molecular complexity index is 816. The Morgan fingerprint density at radius 1 is 1.19 bits per heavy atom. The summed E-state index contributed by atoms with van der Waals surface area (Å²) in [4.78, 5) is 29.8. The van der Waals surface area contributed by atoms with Gasteiger partial charge in [0.05, 0.1) is 23.6 Å². The molecule has 3 amide bonds. The van der Waals surface area contributed by atoms with Crippen LogP contribution in [-0.2, 0) is 9.84 Å². The lowest BCUT2D eigenvalue weighted by atomic mass is 10.0. The lowest BCUT2D eigenvalue weighted by Gasteiger charge is -2.44. The molecule has 9 nitrogen and oxygen atoms in total. The summed E-state index contributed by atoms with van der Waals surface area (Å²) in [6.07, 6.45) is 0. The molecule has 10 heteroatoms. The molecule has 1 aromatic rings. The highest BCUT2D eigenvalue weighted by Gasteiger charge is 2.50. The van der Waals surface area contributed by atoms with Gasteiger partial charge in [0.25, 0.3) is 5.91 Å². The summed E-state index contributed by atoms with van der Waals surface area (Å²) in [7, 11) is -0.0757. The molecule has 3 heterocycles. The quantitative estimate of drug-likeness (QED) is 0.731. The Morgan fingerprint density at radius 3 is 2.31 bits per heavy atom. The van der Waals surface area contributed by atoms with Crippen molar-refractivity contribution in [3.63, 3.8) is 0 Å². The molecule has 0 N–H and O–H groups in total. The largest absolute Gasteiger partial charge is 0.360 e. The molecule has 0 radical (unpaired) electrons. The van der Waals surface area contributed by atoms with Gasteiger partial charge >= 0.3 is 6.03 Å². The van der Waals surface area contributed by atoms with Crippen LogP contribution in [0.25, 0.3) is 0 Å². The molecule has 3 rings (SSSR count). The number of piperazine rings is 1. The number of sulfone groups is 1. The van der Waals surface area contributed by atoms with Crippen LogP contribution in [0, 0.1) is 0 Å². The zero-order valence-electron chi connectivity index (χ0n) is 15.4. The third-order valence-corrected chi connectivity index (χ3v) is 6.58. The summed E-state index contributed by atoms with van der Waals surface area (Å²) in [5.41, 5.74) is 0.170. The van der Waals surface area contributed by atoms with Gasteiger partial charge < -0.3 is 19.2 Å². The van der Waals surface area contributed by atoms with Gasteiger partial charge in [0.2, 0.25) is 0 Å². The van der Waals surface area contributed by atoms with Crippen molar-refractivity contribution in [2.75, 3.05) is 38.7 Å². The Kier molecular flexibility index (Phi) is 4.72. The maximum Gasteiger partial charge on any atom is 0.319 e. The lowest BCUT2D eigenvalue weighted by Crippen LogP contribution is -2.63. The molecule has 0 aliphatic carbocycles. The molecule has 0 spiro atoms. The topological polar surface area (TPSA) is 104 Å². The predicted molar refractivity (Wildman–Crippen MR) is 93.6 cm³/mol. The molecule has 0 saturated carbocycles. The van der Waals surface area contributed by atoms with Gasteiger partial charge in [-0.1, -0.05) is 19.0 Å². The van der Waals surface area contributed by atoms with Crippen molar-refractivity contribution in [2.24, 2.45) is 0 Å². The van der Waals surface area contributed by atoms with Gasteiger partial charge in [-0.2, -0.15) is 0 Å². The number of rotatable bonds is 2. The average molecular weight is 384 g/mol. The first-order valence-electron chi connectivity index (χ1n) is 8.56. The summed E-state index contributed by atoms with van der Waals surface area (Å²) in [5, 5.41) is 3.84. The first-order valence-corrected chi connectivity index (χ1v) is 10.4. The van der Waals surface area contributed by atoms with Crippen molar-refractivity contribution in [1.82, 2.24) is 19.9 Å². The highest BCUT2D eigenvalue weighted by atomic mass is 32.2. The SMILES string of the molecule is CC(C)c1cc(C(=O)N2CCN(C(=O)N(C)C)[C@@H]3CS(=O)(=O)C[C@@H]32)no1. The third kappa shape index (κ3) is 3.29. The summed E-state index contributed by atoms with van der Waals surface area (Å²) in [6.45, 7) is 4.41. The maximum atomic E-state index is 12.9. The van der Waals surface area contributed by atoms with Crippen molar-refractivity contribution >= 4 is 21.8 Å². The molecule has 144 valence electrons. The molecule has 26 heavy (non-hydrogen) atoms. The number of aromatic nitrogens is 1. The predicted octanol–water partition coefficient (Wildman–Crippen LogP) is 0.403. The molecule has 1 aromatic heterocycles. The van der Waals surface area contributed by atoms with Gasteiger partial charge in [-0.3, -0.25) is 4.79 Å². The first kappa shape index (κ1) is 18.7. The molecule has 2 fully saturated rings. The zero-order chi connectivity index (χ0) is 19.2. The van der Waals surface area contributed by atoms with E-state index in [4.69, 9.17) is 4.52 Å². The number of fused-ring (bicyclic) bond motifs is 1. The minimum Gasteiger partial charge on any atom is -0.360 e. The fourth-order valence-corrected chi connectivity index (χ4v) is 5.49. The second-order valence-corrected chi connectivity index (χ2v) is 9.50.